The molecule has 0 saturated carbocycles. The van der Waals surface area contributed by atoms with E-state index in [4.69, 9.17) is 16.2 Å². The van der Waals surface area contributed by atoms with Gasteiger partial charge in [0.05, 0.1) is 0 Å². The third kappa shape index (κ3) is 2.01. The molecule has 3 rings (SSSR count). The molecule has 0 aromatic carbocycles. The molecule has 4 heteroatoms. The van der Waals surface area contributed by atoms with Gasteiger partial charge in [0.25, 0.3) is 5.91 Å². The van der Waals surface area contributed by atoms with Crippen molar-refractivity contribution in [2.45, 2.75) is 51.5 Å². The van der Waals surface area contributed by atoms with Gasteiger partial charge in [-0.25, -0.2) is 0 Å². The fourth-order valence-corrected chi connectivity index (χ4v) is 3.56. The van der Waals surface area contributed by atoms with E-state index in [2.05, 4.69) is 26.0 Å². The lowest BCUT2D eigenvalue weighted by atomic mass is 9.72. The minimum absolute atomic E-state index is 0.373. The predicted octanol–water partition coefficient (Wildman–Crippen LogP) is 2.23. The molecule has 2 aliphatic carbocycles. The summed E-state index contributed by atoms with van der Waals surface area (Å²) < 4.78 is 5.64. The Morgan fingerprint density at radius 2 is 2.00 bits per heavy atom. The van der Waals surface area contributed by atoms with E-state index >= 15 is 0 Å². The van der Waals surface area contributed by atoms with Crippen molar-refractivity contribution >= 4 is 0 Å². The van der Waals surface area contributed by atoms with Gasteiger partial charge in [-0.3, -0.25) is 5.73 Å². The predicted molar refractivity (Wildman–Crippen MR) is 82.8 cm³/mol. The van der Waals surface area contributed by atoms with Crippen LogP contribution in [0.2, 0.25) is 0 Å². The van der Waals surface area contributed by atoms with Crippen LogP contribution in [0.3, 0.4) is 0 Å². The van der Waals surface area contributed by atoms with Gasteiger partial charge in [0.1, 0.15) is 11.3 Å². The zero-order chi connectivity index (χ0) is 15.4. The van der Waals surface area contributed by atoms with Crippen molar-refractivity contribution in [2.75, 3.05) is 0 Å². The molecule has 5 N–H and O–H groups in total. The average molecular weight is 288 g/mol. The Hall–Kier alpha value is -1.36. The first-order valence-electron chi connectivity index (χ1n) is 7.54. The zero-order valence-corrected chi connectivity index (χ0v) is 12.9. The summed E-state index contributed by atoms with van der Waals surface area (Å²) >= 11 is 0. The van der Waals surface area contributed by atoms with Crippen molar-refractivity contribution in [3.8, 4) is 0 Å². The van der Waals surface area contributed by atoms with E-state index in [1.807, 2.05) is 13.0 Å². The monoisotopic (exact) mass is 288 g/mol. The fourth-order valence-electron chi connectivity index (χ4n) is 3.56. The van der Waals surface area contributed by atoms with E-state index in [0.717, 1.165) is 41.7 Å². The van der Waals surface area contributed by atoms with E-state index < -0.39 is 11.4 Å². The minimum atomic E-state index is -1.89. The molecule has 0 radical (unpaired) electrons. The summed E-state index contributed by atoms with van der Waals surface area (Å²) in [5.41, 5.74) is 15.7. The maximum atomic E-state index is 10.7. The Bertz CT molecular complexity index is 610. The number of ether oxygens (including phenoxy) is 1. The van der Waals surface area contributed by atoms with Crippen molar-refractivity contribution in [1.29, 1.82) is 0 Å². The van der Waals surface area contributed by atoms with Gasteiger partial charge in [-0.2, -0.15) is 0 Å². The summed E-state index contributed by atoms with van der Waals surface area (Å²) in [6.45, 7) is 6.22. The molecule has 3 unspecified atom stereocenters. The van der Waals surface area contributed by atoms with Crippen LogP contribution in [0, 0.1) is 5.92 Å². The molecule has 21 heavy (non-hydrogen) atoms. The van der Waals surface area contributed by atoms with Gasteiger partial charge in [0.2, 0.25) is 0 Å². The molecule has 1 aliphatic heterocycles. The molecule has 0 saturated heterocycles. The molecule has 0 spiro atoms. The van der Waals surface area contributed by atoms with Crippen LogP contribution < -0.4 is 11.5 Å². The Labute approximate surface area is 125 Å². The highest BCUT2D eigenvalue weighted by Crippen LogP contribution is 2.49. The minimum Gasteiger partial charge on any atom is -0.451 e. The number of nitrogens with two attached hydrogens (primary N) is 2. The summed E-state index contributed by atoms with van der Waals surface area (Å²) in [5, 5.41) is 10.7. The van der Waals surface area contributed by atoms with E-state index in [0.29, 0.717) is 5.92 Å². The summed E-state index contributed by atoms with van der Waals surface area (Å²) in [6, 6.07) is 0. The molecule has 0 bridgehead atoms. The molecule has 3 aliphatic rings. The standard InChI is InChI=1S/C17H24N2O2/c1-10-4-6-12(3)13(8-10)16(18)14-9-11(2)5-7-15(14)21-17(16,19)20/h4,6,9-10,20H,5,7-8,18-19H2,1-3H3. The summed E-state index contributed by atoms with van der Waals surface area (Å²) in [4.78, 5) is 0. The molecular formula is C17H24N2O2. The van der Waals surface area contributed by atoms with Crippen molar-refractivity contribution in [2.24, 2.45) is 17.4 Å². The molecule has 1 heterocycles. The molecule has 4 nitrogen and oxygen atoms in total. The largest absolute Gasteiger partial charge is 0.451 e. The van der Waals surface area contributed by atoms with Crippen LogP contribution in [0.25, 0.3) is 0 Å². The molecule has 114 valence electrons. The van der Waals surface area contributed by atoms with E-state index in [9.17, 15) is 5.11 Å². The quantitative estimate of drug-likeness (QED) is 0.646. The van der Waals surface area contributed by atoms with Crippen LogP contribution in [0.15, 0.2) is 46.3 Å². The molecule has 0 aromatic rings. The molecule has 0 aromatic heterocycles. The van der Waals surface area contributed by atoms with Crippen LogP contribution in [-0.2, 0) is 4.74 Å². The van der Waals surface area contributed by atoms with Gasteiger partial charge in [-0.1, -0.05) is 30.7 Å². The zero-order valence-electron chi connectivity index (χ0n) is 12.9. The third-order valence-electron chi connectivity index (χ3n) is 4.86. The van der Waals surface area contributed by atoms with E-state index in [1.54, 1.807) is 0 Å². The van der Waals surface area contributed by atoms with E-state index in [-0.39, 0.29) is 0 Å². The third-order valence-corrected chi connectivity index (χ3v) is 4.86. The number of rotatable bonds is 1. The molecular weight excluding hydrogens is 264 g/mol. The summed E-state index contributed by atoms with van der Waals surface area (Å²) in [6.07, 6.45) is 8.70. The Morgan fingerprint density at radius 1 is 1.29 bits per heavy atom. The Balaban J connectivity index is 2.17. The molecule has 0 amide bonds. The summed E-state index contributed by atoms with van der Waals surface area (Å²) in [5.74, 6) is -0.783. The second-order valence-corrected chi connectivity index (χ2v) is 6.64. The van der Waals surface area contributed by atoms with Gasteiger partial charge in [0.15, 0.2) is 0 Å². The highest BCUT2D eigenvalue weighted by atomic mass is 16.7. The molecule has 0 fully saturated rings. The van der Waals surface area contributed by atoms with Gasteiger partial charge in [0, 0.05) is 12.0 Å². The SMILES string of the molecule is CC1=CC2=C(CC1)OC(N)(O)C2(N)C1=C(C)C=CC(C)C1. The lowest BCUT2D eigenvalue weighted by Crippen LogP contribution is -2.66. The van der Waals surface area contributed by atoms with E-state index in [1.165, 1.54) is 5.57 Å². The molecule has 3 atom stereocenters. The first-order valence-corrected chi connectivity index (χ1v) is 7.54. The lowest BCUT2D eigenvalue weighted by Gasteiger charge is -2.40. The second-order valence-electron chi connectivity index (χ2n) is 6.64. The first-order chi connectivity index (χ1) is 9.75. The normalized spacial score (nSPS) is 39.3. The van der Waals surface area contributed by atoms with Crippen LogP contribution in [-0.4, -0.2) is 16.6 Å². The van der Waals surface area contributed by atoms with Gasteiger partial charge >= 0.3 is 0 Å². The fraction of sp³-hybridized carbons (Fsp3) is 0.529. The Morgan fingerprint density at radius 3 is 2.71 bits per heavy atom. The number of hydrogen-bond acceptors (Lipinski definition) is 4. The summed E-state index contributed by atoms with van der Waals surface area (Å²) in [7, 11) is 0. The smallest absolute Gasteiger partial charge is 0.292 e. The van der Waals surface area contributed by atoms with Crippen LogP contribution >= 0.6 is 0 Å². The highest BCUT2D eigenvalue weighted by molar-refractivity contribution is 5.54. The number of hydrogen-bond donors (Lipinski definition) is 3. The van der Waals surface area contributed by atoms with Crippen LogP contribution in [0.4, 0.5) is 0 Å². The van der Waals surface area contributed by atoms with Crippen molar-refractivity contribution in [3.63, 3.8) is 0 Å². The highest BCUT2D eigenvalue weighted by Gasteiger charge is 2.59. The van der Waals surface area contributed by atoms with Crippen LogP contribution in [0.5, 0.6) is 0 Å². The van der Waals surface area contributed by atoms with Gasteiger partial charge in [-0.15, -0.1) is 0 Å². The second kappa shape index (κ2) is 4.57. The number of allylic oxidation sites excluding steroid dienone is 5. The maximum Gasteiger partial charge on any atom is 0.292 e. The van der Waals surface area contributed by atoms with Crippen molar-refractivity contribution in [3.05, 3.63) is 46.3 Å². The average Bonchev–Trinajstić information content (AvgIpc) is 2.61. The maximum absolute atomic E-state index is 10.7. The number of aliphatic hydroxyl groups is 1. The van der Waals surface area contributed by atoms with Gasteiger partial charge < -0.3 is 15.6 Å². The van der Waals surface area contributed by atoms with Crippen LogP contribution in [0.1, 0.15) is 40.0 Å². The lowest BCUT2D eigenvalue weighted by molar-refractivity contribution is -0.184. The Kier molecular flexibility index (Phi) is 3.17. The van der Waals surface area contributed by atoms with Gasteiger partial charge in [-0.05, 0) is 43.8 Å². The topological polar surface area (TPSA) is 81.5 Å². The van der Waals surface area contributed by atoms with Crippen molar-refractivity contribution in [1.82, 2.24) is 0 Å². The van der Waals surface area contributed by atoms with Crippen molar-refractivity contribution < 1.29 is 9.84 Å². The first kappa shape index (κ1) is 14.6.